The van der Waals surface area contributed by atoms with Crippen molar-refractivity contribution in [3.8, 4) is 6.07 Å². The number of hydrogen-bond acceptors (Lipinski definition) is 2. The van der Waals surface area contributed by atoms with Crippen molar-refractivity contribution in [2.75, 3.05) is 0 Å². The van der Waals surface area contributed by atoms with Gasteiger partial charge >= 0.3 is 6.18 Å². The second kappa shape index (κ2) is 4.61. The first-order valence-corrected chi connectivity index (χ1v) is 4.18. The fourth-order valence-corrected chi connectivity index (χ4v) is 1.19. The van der Waals surface area contributed by atoms with Crippen molar-refractivity contribution in [3.05, 3.63) is 28.8 Å². The molecule has 0 aliphatic carbocycles. The van der Waals surface area contributed by atoms with Gasteiger partial charge in [0.1, 0.15) is 5.69 Å². The number of alkyl halides is 5. The van der Waals surface area contributed by atoms with Crippen LogP contribution in [0.5, 0.6) is 0 Å². The molecule has 0 fully saturated rings. The minimum Gasteiger partial charge on any atom is -0.252 e. The molecule has 17 heavy (non-hydrogen) atoms. The van der Waals surface area contributed by atoms with Crippen molar-refractivity contribution in [2.45, 2.75) is 19.0 Å². The fourth-order valence-electron chi connectivity index (χ4n) is 1.19. The number of nitrogens with zero attached hydrogens (tertiary/aromatic N) is 2. The van der Waals surface area contributed by atoms with Gasteiger partial charge in [-0.05, 0) is 0 Å². The molecule has 0 unspecified atom stereocenters. The summed E-state index contributed by atoms with van der Waals surface area (Å²) in [6, 6.07) is 1.29. The van der Waals surface area contributed by atoms with E-state index in [-0.39, 0.29) is 6.20 Å². The number of halogens is 6. The lowest BCUT2D eigenvalue weighted by Gasteiger charge is -2.13. The third kappa shape index (κ3) is 2.67. The van der Waals surface area contributed by atoms with Crippen molar-refractivity contribution in [3.63, 3.8) is 0 Å². The predicted molar refractivity (Wildman–Crippen MR) is 43.5 cm³/mol. The molecule has 0 spiro atoms. The zero-order chi connectivity index (χ0) is 13.2. The quantitative estimate of drug-likeness (QED) is 0.759. The van der Waals surface area contributed by atoms with E-state index in [2.05, 4.69) is 4.98 Å². The van der Waals surface area contributed by atoms with Crippen molar-refractivity contribution >= 4 is 0 Å². The molecule has 0 aliphatic rings. The maximum atomic E-state index is 13.3. The average Bonchev–Trinajstić information content (AvgIpc) is 2.18. The summed E-state index contributed by atoms with van der Waals surface area (Å²) in [6.07, 6.45) is -9.13. The molecule has 1 aromatic heterocycles. The summed E-state index contributed by atoms with van der Waals surface area (Å²) >= 11 is 0. The Balaban J connectivity index is 3.46. The molecule has 0 saturated carbocycles. The topological polar surface area (TPSA) is 36.7 Å². The van der Waals surface area contributed by atoms with E-state index in [9.17, 15) is 26.3 Å². The van der Waals surface area contributed by atoms with Crippen LogP contribution >= 0.6 is 0 Å². The van der Waals surface area contributed by atoms with Crippen LogP contribution < -0.4 is 0 Å². The Morgan fingerprint density at radius 2 is 1.94 bits per heavy atom. The molecule has 1 heterocycles. The Morgan fingerprint density at radius 1 is 1.35 bits per heavy atom. The van der Waals surface area contributed by atoms with E-state index in [1.54, 1.807) is 0 Å². The van der Waals surface area contributed by atoms with Crippen LogP contribution in [0.15, 0.2) is 6.20 Å². The van der Waals surface area contributed by atoms with Gasteiger partial charge in [-0.3, -0.25) is 4.98 Å². The summed E-state index contributed by atoms with van der Waals surface area (Å²) in [5, 5.41) is 8.27. The molecule has 0 aliphatic heterocycles. The van der Waals surface area contributed by atoms with E-state index >= 15 is 0 Å². The number of aromatic nitrogens is 1. The summed E-state index contributed by atoms with van der Waals surface area (Å²) in [4.78, 5) is 2.73. The van der Waals surface area contributed by atoms with Gasteiger partial charge in [0, 0.05) is 11.8 Å². The highest BCUT2D eigenvalue weighted by Gasteiger charge is 2.36. The van der Waals surface area contributed by atoms with Crippen LogP contribution in [0, 0.1) is 17.1 Å². The Morgan fingerprint density at radius 3 is 2.35 bits per heavy atom. The van der Waals surface area contributed by atoms with Crippen molar-refractivity contribution in [2.24, 2.45) is 0 Å². The van der Waals surface area contributed by atoms with Gasteiger partial charge in [0.15, 0.2) is 5.82 Å². The van der Waals surface area contributed by atoms with E-state index in [4.69, 9.17) is 5.26 Å². The second-order valence-corrected chi connectivity index (χ2v) is 2.98. The molecule has 0 N–H and O–H groups in total. The second-order valence-electron chi connectivity index (χ2n) is 2.98. The van der Waals surface area contributed by atoms with Gasteiger partial charge in [-0.2, -0.15) is 18.4 Å². The van der Waals surface area contributed by atoms with E-state index in [0.717, 1.165) is 0 Å². The third-order valence-electron chi connectivity index (χ3n) is 1.92. The number of nitriles is 1. The van der Waals surface area contributed by atoms with Crippen molar-refractivity contribution in [1.82, 2.24) is 4.98 Å². The summed E-state index contributed by atoms with van der Waals surface area (Å²) in [5.74, 6) is -1.78. The SMILES string of the molecule is N#CCc1c(C(F)(F)F)cnc(C(F)F)c1F. The molecule has 2 nitrogen and oxygen atoms in total. The lowest BCUT2D eigenvalue weighted by atomic mass is 10.1. The fraction of sp³-hybridized carbons (Fsp3) is 0.333. The summed E-state index contributed by atoms with van der Waals surface area (Å²) in [7, 11) is 0. The minimum absolute atomic E-state index is 0.108. The third-order valence-corrected chi connectivity index (χ3v) is 1.92. The highest BCUT2D eigenvalue weighted by Crippen LogP contribution is 2.34. The van der Waals surface area contributed by atoms with E-state index in [1.807, 2.05) is 0 Å². The van der Waals surface area contributed by atoms with E-state index < -0.39 is 41.7 Å². The maximum Gasteiger partial charge on any atom is 0.418 e. The lowest BCUT2D eigenvalue weighted by Crippen LogP contribution is -2.14. The van der Waals surface area contributed by atoms with Crippen LogP contribution in [-0.4, -0.2) is 4.98 Å². The molecule has 0 atom stereocenters. The first-order chi connectivity index (χ1) is 7.79. The Hall–Kier alpha value is -1.78. The molecular weight excluding hydrogens is 250 g/mol. The van der Waals surface area contributed by atoms with Crippen LogP contribution in [0.1, 0.15) is 23.2 Å². The first kappa shape index (κ1) is 13.3. The molecule has 0 saturated heterocycles. The number of pyridine rings is 1. The predicted octanol–water partition coefficient (Wildman–Crippen LogP) is 3.24. The van der Waals surface area contributed by atoms with Crippen molar-refractivity contribution in [1.29, 1.82) is 5.26 Å². The Labute approximate surface area is 91.5 Å². The van der Waals surface area contributed by atoms with Gasteiger partial charge in [-0.25, -0.2) is 13.2 Å². The van der Waals surface area contributed by atoms with Gasteiger partial charge < -0.3 is 0 Å². The highest BCUT2D eigenvalue weighted by atomic mass is 19.4. The molecule has 8 heteroatoms. The van der Waals surface area contributed by atoms with Gasteiger partial charge in [0.2, 0.25) is 0 Å². The van der Waals surface area contributed by atoms with Crippen LogP contribution in [0.3, 0.4) is 0 Å². The van der Waals surface area contributed by atoms with Crippen LogP contribution in [0.2, 0.25) is 0 Å². The monoisotopic (exact) mass is 254 g/mol. The number of rotatable bonds is 2. The molecule has 0 aromatic carbocycles. The summed E-state index contributed by atoms with van der Waals surface area (Å²) in [5.41, 5.74) is -4.01. The van der Waals surface area contributed by atoms with Crippen molar-refractivity contribution < 1.29 is 26.3 Å². The van der Waals surface area contributed by atoms with E-state index in [0.29, 0.717) is 0 Å². The first-order valence-electron chi connectivity index (χ1n) is 4.18. The molecule has 92 valence electrons. The molecule has 0 bridgehead atoms. The van der Waals surface area contributed by atoms with Gasteiger partial charge in [-0.15, -0.1) is 0 Å². The maximum absolute atomic E-state index is 13.3. The zero-order valence-electron chi connectivity index (χ0n) is 8.02. The largest absolute Gasteiger partial charge is 0.418 e. The van der Waals surface area contributed by atoms with E-state index in [1.165, 1.54) is 6.07 Å². The summed E-state index contributed by atoms with van der Waals surface area (Å²) < 4.78 is 74.9. The van der Waals surface area contributed by atoms with Gasteiger partial charge in [-0.1, -0.05) is 0 Å². The van der Waals surface area contributed by atoms with Gasteiger partial charge in [0.05, 0.1) is 18.1 Å². The lowest BCUT2D eigenvalue weighted by molar-refractivity contribution is -0.138. The number of hydrogen-bond donors (Lipinski definition) is 0. The van der Waals surface area contributed by atoms with Crippen LogP contribution in [-0.2, 0) is 12.6 Å². The molecule has 1 rings (SSSR count). The molecular formula is C9H4F6N2. The standard InChI is InChI=1S/C9H4F6N2/c10-6-4(1-2-16)5(9(13,14)15)3-17-7(6)8(11)12/h3,8H,1H2. The highest BCUT2D eigenvalue weighted by molar-refractivity contribution is 5.33. The normalized spacial score (nSPS) is 11.6. The minimum atomic E-state index is -4.94. The summed E-state index contributed by atoms with van der Waals surface area (Å²) in [6.45, 7) is 0. The Kier molecular flexibility index (Phi) is 3.60. The molecule has 0 radical (unpaired) electrons. The van der Waals surface area contributed by atoms with Crippen LogP contribution in [0.4, 0.5) is 26.3 Å². The zero-order valence-corrected chi connectivity index (χ0v) is 8.02. The average molecular weight is 254 g/mol. The Bertz CT molecular complexity index is 460. The molecule has 1 aromatic rings. The van der Waals surface area contributed by atoms with Crippen LogP contribution in [0.25, 0.3) is 0 Å². The smallest absolute Gasteiger partial charge is 0.252 e. The molecule has 0 amide bonds. The van der Waals surface area contributed by atoms with Gasteiger partial charge in [0.25, 0.3) is 6.43 Å².